The summed E-state index contributed by atoms with van der Waals surface area (Å²) in [4.78, 5) is 4.12. The first-order valence-electron chi connectivity index (χ1n) is 5.09. The van der Waals surface area contributed by atoms with Crippen LogP contribution in [0.3, 0.4) is 0 Å². The molecule has 5 nitrogen and oxygen atoms in total. The molecule has 2 aromatic heterocycles. The van der Waals surface area contributed by atoms with Crippen molar-refractivity contribution in [2.45, 2.75) is 0 Å². The predicted molar refractivity (Wildman–Crippen MR) is 66.8 cm³/mol. The molecule has 6 heteroatoms. The first-order valence-corrected chi connectivity index (χ1v) is 5.49. The van der Waals surface area contributed by atoms with Gasteiger partial charge in [-0.15, -0.1) is 0 Å². The second-order valence-corrected chi connectivity index (χ2v) is 3.94. The lowest BCUT2D eigenvalue weighted by molar-refractivity contribution is 1.05. The fourth-order valence-electron chi connectivity index (χ4n) is 1.60. The van der Waals surface area contributed by atoms with Crippen molar-refractivity contribution in [2.75, 3.05) is 0 Å². The molecule has 3 N–H and O–H groups in total. The summed E-state index contributed by atoms with van der Waals surface area (Å²) in [6, 6.07) is 11.9. The summed E-state index contributed by atoms with van der Waals surface area (Å²) in [7, 11) is 0. The van der Waals surface area contributed by atoms with Crippen molar-refractivity contribution in [1.82, 2.24) is 25.4 Å². The van der Waals surface area contributed by atoms with Crippen LogP contribution in [0.25, 0.3) is 22.8 Å². The number of benzene rings is 1. The molecule has 3 rings (SSSR count). The van der Waals surface area contributed by atoms with E-state index in [-0.39, 0.29) is 0 Å². The molecule has 0 aliphatic rings. The van der Waals surface area contributed by atoms with Gasteiger partial charge in [-0.3, -0.25) is 15.3 Å². The Morgan fingerprint density at radius 1 is 1.06 bits per heavy atom. The van der Waals surface area contributed by atoms with Gasteiger partial charge in [-0.1, -0.05) is 30.3 Å². The average molecular weight is 243 g/mol. The van der Waals surface area contributed by atoms with Gasteiger partial charge >= 0.3 is 0 Å². The lowest BCUT2D eigenvalue weighted by Crippen LogP contribution is -1.79. The molecule has 17 heavy (non-hydrogen) atoms. The van der Waals surface area contributed by atoms with Gasteiger partial charge in [-0.05, 0) is 18.3 Å². The first-order chi connectivity index (χ1) is 8.33. The monoisotopic (exact) mass is 243 g/mol. The molecule has 0 unspecified atom stereocenters. The standard InChI is InChI=1S/C11H9N5S/c17-11-12-10(15-16-11)9-6-8(13-14-9)7-4-2-1-3-5-7/h1-6H,(H,13,14)(H2,12,15,16,17). The fourth-order valence-corrected chi connectivity index (χ4v) is 1.74. The van der Waals surface area contributed by atoms with Gasteiger partial charge in [0, 0.05) is 5.56 Å². The van der Waals surface area contributed by atoms with E-state index in [4.69, 9.17) is 12.2 Å². The van der Waals surface area contributed by atoms with Crippen LogP contribution in [0.4, 0.5) is 0 Å². The van der Waals surface area contributed by atoms with E-state index in [1.807, 2.05) is 36.4 Å². The van der Waals surface area contributed by atoms with Crippen LogP contribution in [-0.2, 0) is 0 Å². The molecule has 0 aliphatic heterocycles. The third-order valence-corrected chi connectivity index (χ3v) is 2.60. The molecule has 1 aromatic carbocycles. The molecular formula is C11H9N5S. The van der Waals surface area contributed by atoms with E-state index in [0.717, 1.165) is 17.0 Å². The van der Waals surface area contributed by atoms with Crippen molar-refractivity contribution < 1.29 is 0 Å². The van der Waals surface area contributed by atoms with Crippen molar-refractivity contribution in [3.05, 3.63) is 41.2 Å². The zero-order chi connectivity index (χ0) is 11.7. The minimum atomic E-state index is 0.427. The Morgan fingerprint density at radius 3 is 2.59 bits per heavy atom. The molecule has 84 valence electrons. The van der Waals surface area contributed by atoms with Crippen LogP contribution in [0.2, 0.25) is 0 Å². The van der Waals surface area contributed by atoms with Gasteiger partial charge in [-0.25, -0.2) is 0 Å². The van der Waals surface area contributed by atoms with Crippen molar-refractivity contribution in [1.29, 1.82) is 0 Å². The molecule has 3 aromatic rings. The van der Waals surface area contributed by atoms with Crippen LogP contribution in [0.5, 0.6) is 0 Å². The van der Waals surface area contributed by atoms with Gasteiger partial charge in [0.05, 0.1) is 5.69 Å². The summed E-state index contributed by atoms with van der Waals surface area (Å²) in [5, 5.41) is 12.8. The van der Waals surface area contributed by atoms with E-state index >= 15 is 0 Å². The summed E-state index contributed by atoms with van der Waals surface area (Å²) in [5.41, 5.74) is 2.74. The number of nitrogens with zero attached hydrogens (tertiary/aromatic N) is 2. The predicted octanol–water partition coefficient (Wildman–Crippen LogP) is 2.52. The molecule has 0 radical (unpaired) electrons. The number of aromatic amines is 3. The molecule has 2 heterocycles. The van der Waals surface area contributed by atoms with Gasteiger partial charge in [0.2, 0.25) is 4.77 Å². The van der Waals surface area contributed by atoms with Gasteiger partial charge in [0.15, 0.2) is 5.82 Å². The Kier molecular flexibility index (Phi) is 2.34. The number of hydrogen-bond acceptors (Lipinski definition) is 3. The quantitative estimate of drug-likeness (QED) is 0.605. The van der Waals surface area contributed by atoms with Gasteiger partial charge in [-0.2, -0.15) is 10.1 Å². The fraction of sp³-hybridized carbons (Fsp3) is 0. The zero-order valence-corrected chi connectivity index (χ0v) is 9.58. The highest BCUT2D eigenvalue weighted by Gasteiger charge is 2.07. The van der Waals surface area contributed by atoms with Crippen LogP contribution >= 0.6 is 12.2 Å². The van der Waals surface area contributed by atoms with E-state index in [2.05, 4.69) is 25.4 Å². The van der Waals surface area contributed by atoms with Crippen molar-refractivity contribution >= 4 is 12.2 Å². The molecule has 0 bridgehead atoms. The van der Waals surface area contributed by atoms with Crippen LogP contribution in [0.15, 0.2) is 36.4 Å². The molecule has 0 spiro atoms. The summed E-state index contributed by atoms with van der Waals surface area (Å²) in [6.45, 7) is 0. The third-order valence-electron chi connectivity index (χ3n) is 2.40. The molecule has 0 amide bonds. The lowest BCUT2D eigenvalue weighted by atomic mass is 10.1. The largest absolute Gasteiger partial charge is 0.280 e. The van der Waals surface area contributed by atoms with E-state index in [1.54, 1.807) is 0 Å². The first kappa shape index (κ1) is 9.98. The number of hydrogen-bond donors (Lipinski definition) is 3. The number of H-pyrrole nitrogens is 3. The van der Waals surface area contributed by atoms with Crippen molar-refractivity contribution in [3.63, 3.8) is 0 Å². The maximum Gasteiger partial charge on any atom is 0.213 e. The number of aromatic nitrogens is 5. The van der Waals surface area contributed by atoms with E-state index < -0.39 is 0 Å². The third kappa shape index (κ3) is 1.90. The van der Waals surface area contributed by atoms with Gasteiger partial charge in [0.1, 0.15) is 5.69 Å². The SMILES string of the molecule is S=c1nc(-c2cc(-c3ccccc3)n[nH]2)[nH][nH]1. The van der Waals surface area contributed by atoms with Crippen LogP contribution in [0, 0.1) is 4.77 Å². The Labute approximate surface area is 102 Å². The van der Waals surface area contributed by atoms with Crippen molar-refractivity contribution in [2.24, 2.45) is 0 Å². The number of nitrogens with one attached hydrogen (secondary N) is 3. The minimum Gasteiger partial charge on any atom is -0.280 e. The van der Waals surface area contributed by atoms with E-state index in [0.29, 0.717) is 10.6 Å². The van der Waals surface area contributed by atoms with Gasteiger partial charge in [0.25, 0.3) is 0 Å². The maximum absolute atomic E-state index is 4.90. The Bertz CT molecular complexity index is 679. The highest BCUT2D eigenvalue weighted by molar-refractivity contribution is 7.71. The Balaban J connectivity index is 2.01. The smallest absolute Gasteiger partial charge is 0.213 e. The summed E-state index contributed by atoms with van der Waals surface area (Å²) in [5.74, 6) is 0.657. The molecule has 0 aliphatic carbocycles. The van der Waals surface area contributed by atoms with E-state index in [9.17, 15) is 0 Å². The van der Waals surface area contributed by atoms with Gasteiger partial charge < -0.3 is 0 Å². The topological polar surface area (TPSA) is 73.2 Å². The Hall–Kier alpha value is -2.21. The van der Waals surface area contributed by atoms with Crippen molar-refractivity contribution in [3.8, 4) is 22.8 Å². The summed E-state index contributed by atoms with van der Waals surface area (Å²) >= 11 is 4.90. The second kappa shape index (κ2) is 3.99. The summed E-state index contributed by atoms with van der Waals surface area (Å²) < 4.78 is 0.427. The molecule has 0 fully saturated rings. The maximum atomic E-state index is 4.90. The normalized spacial score (nSPS) is 10.6. The molecule has 0 saturated carbocycles. The van der Waals surface area contributed by atoms with E-state index in [1.165, 1.54) is 0 Å². The zero-order valence-electron chi connectivity index (χ0n) is 8.77. The minimum absolute atomic E-state index is 0.427. The highest BCUT2D eigenvalue weighted by Crippen LogP contribution is 2.20. The lowest BCUT2D eigenvalue weighted by Gasteiger charge is -1.92. The summed E-state index contributed by atoms with van der Waals surface area (Å²) in [6.07, 6.45) is 0. The molecule has 0 atom stereocenters. The number of rotatable bonds is 2. The highest BCUT2D eigenvalue weighted by atomic mass is 32.1. The Morgan fingerprint density at radius 2 is 1.88 bits per heavy atom. The molecular weight excluding hydrogens is 234 g/mol. The van der Waals surface area contributed by atoms with Crippen LogP contribution in [0.1, 0.15) is 0 Å². The molecule has 0 saturated heterocycles. The van der Waals surface area contributed by atoms with Crippen LogP contribution < -0.4 is 0 Å². The average Bonchev–Trinajstić information content (AvgIpc) is 2.98. The second-order valence-electron chi connectivity index (χ2n) is 3.55. The van der Waals surface area contributed by atoms with Crippen LogP contribution in [-0.4, -0.2) is 25.4 Å².